The largest absolute Gasteiger partial charge is 0.492 e. The molecule has 124 valence electrons. The summed E-state index contributed by atoms with van der Waals surface area (Å²) in [4.78, 5) is 2.40. The molecule has 0 radical (unpaired) electrons. The predicted octanol–water partition coefficient (Wildman–Crippen LogP) is 3.07. The van der Waals surface area contributed by atoms with E-state index >= 15 is 0 Å². The van der Waals surface area contributed by atoms with Crippen molar-refractivity contribution >= 4 is 10.9 Å². The van der Waals surface area contributed by atoms with Crippen molar-refractivity contribution in [1.29, 1.82) is 0 Å². The fourth-order valence-corrected chi connectivity index (χ4v) is 3.42. The molecule has 0 spiro atoms. The summed E-state index contributed by atoms with van der Waals surface area (Å²) in [6.07, 6.45) is 2.10. The number of benzene rings is 2. The van der Waals surface area contributed by atoms with Gasteiger partial charge in [0.15, 0.2) is 0 Å². The Kier molecular flexibility index (Phi) is 4.00. The maximum absolute atomic E-state index is 9.36. The lowest BCUT2D eigenvalue weighted by molar-refractivity contribution is 0.219. The zero-order valence-electron chi connectivity index (χ0n) is 13.9. The number of hydrogen-bond acceptors (Lipinski definition) is 3. The van der Waals surface area contributed by atoms with Crippen LogP contribution in [0.4, 0.5) is 0 Å². The first kappa shape index (κ1) is 15.2. The number of aliphatic hydroxyl groups is 1. The van der Waals surface area contributed by atoms with E-state index in [2.05, 4.69) is 47.0 Å². The molecule has 4 heteroatoms. The van der Waals surface area contributed by atoms with Gasteiger partial charge in [-0.15, -0.1) is 0 Å². The van der Waals surface area contributed by atoms with Gasteiger partial charge in [-0.3, -0.25) is 4.90 Å². The minimum absolute atomic E-state index is 0.0674. The van der Waals surface area contributed by atoms with E-state index < -0.39 is 0 Å². The second kappa shape index (κ2) is 6.30. The molecule has 0 amide bonds. The number of nitrogens with zero attached hydrogens (tertiary/aromatic N) is 2. The SMILES string of the molecule is Cn1ccc2cc(CN3CCOc4ccc(CO)cc4C3)ccc21. The Labute approximate surface area is 141 Å². The number of fused-ring (bicyclic) bond motifs is 2. The van der Waals surface area contributed by atoms with Gasteiger partial charge >= 0.3 is 0 Å². The van der Waals surface area contributed by atoms with E-state index in [1.54, 1.807) is 0 Å². The van der Waals surface area contributed by atoms with Gasteiger partial charge in [-0.1, -0.05) is 12.1 Å². The van der Waals surface area contributed by atoms with Gasteiger partial charge in [0.25, 0.3) is 0 Å². The van der Waals surface area contributed by atoms with Crippen LogP contribution >= 0.6 is 0 Å². The lowest BCUT2D eigenvalue weighted by atomic mass is 10.1. The minimum atomic E-state index is 0.0674. The first-order chi connectivity index (χ1) is 11.7. The lowest BCUT2D eigenvalue weighted by Gasteiger charge is -2.19. The van der Waals surface area contributed by atoms with E-state index in [9.17, 15) is 5.11 Å². The molecule has 2 aromatic carbocycles. The van der Waals surface area contributed by atoms with Gasteiger partial charge in [-0.05, 0) is 46.8 Å². The van der Waals surface area contributed by atoms with Gasteiger partial charge < -0.3 is 14.4 Å². The molecule has 0 aliphatic carbocycles. The maximum Gasteiger partial charge on any atom is 0.123 e. The van der Waals surface area contributed by atoms with Gasteiger partial charge in [0.2, 0.25) is 0 Å². The summed E-state index contributed by atoms with van der Waals surface area (Å²) in [6.45, 7) is 3.40. The molecule has 1 aromatic heterocycles. The quantitative estimate of drug-likeness (QED) is 0.805. The monoisotopic (exact) mass is 322 g/mol. The van der Waals surface area contributed by atoms with Crippen LogP contribution in [-0.2, 0) is 26.7 Å². The zero-order valence-corrected chi connectivity index (χ0v) is 13.9. The van der Waals surface area contributed by atoms with Crippen molar-refractivity contribution < 1.29 is 9.84 Å². The van der Waals surface area contributed by atoms with Gasteiger partial charge in [-0.2, -0.15) is 0 Å². The van der Waals surface area contributed by atoms with Crippen LogP contribution in [0.3, 0.4) is 0 Å². The summed E-state index contributed by atoms with van der Waals surface area (Å²) >= 11 is 0. The fraction of sp³-hybridized carbons (Fsp3) is 0.300. The molecule has 4 nitrogen and oxygen atoms in total. The van der Waals surface area contributed by atoms with Crippen molar-refractivity contribution in [2.24, 2.45) is 7.05 Å². The average Bonchev–Trinajstić information content (AvgIpc) is 2.84. The summed E-state index contributed by atoms with van der Waals surface area (Å²) in [5.41, 5.74) is 4.66. The van der Waals surface area contributed by atoms with Crippen molar-refractivity contribution in [2.45, 2.75) is 19.7 Å². The van der Waals surface area contributed by atoms with Gasteiger partial charge in [-0.25, -0.2) is 0 Å². The highest BCUT2D eigenvalue weighted by atomic mass is 16.5. The molecular formula is C20H22N2O2. The van der Waals surface area contributed by atoms with Crippen molar-refractivity contribution in [2.75, 3.05) is 13.2 Å². The lowest BCUT2D eigenvalue weighted by Crippen LogP contribution is -2.25. The van der Waals surface area contributed by atoms with E-state index in [4.69, 9.17) is 4.74 Å². The minimum Gasteiger partial charge on any atom is -0.492 e. The van der Waals surface area contributed by atoms with Crippen molar-refractivity contribution in [3.05, 3.63) is 65.4 Å². The normalized spacial score (nSPS) is 15.1. The molecule has 0 saturated heterocycles. The van der Waals surface area contributed by atoms with E-state index in [0.717, 1.165) is 36.5 Å². The standard InChI is InChI=1S/C20H22N2O2/c1-21-7-6-17-10-15(2-4-19(17)21)12-22-8-9-24-20-5-3-16(14-23)11-18(20)13-22/h2-7,10-11,23H,8-9,12-14H2,1H3. The van der Waals surface area contributed by atoms with Crippen LogP contribution in [0, 0.1) is 0 Å². The van der Waals surface area contributed by atoms with Gasteiger partial charge in [0.05, 0.1) is 6.61 Å². The Morgan fingerprint density at radius 3 is 2.83 bits per heavy atom. The molecule has 1 N–H and O–H groups in total. The number of aromatic nitrogens is 1. The van der Waals surface area contributed by atoms with Crippen LogP contribution in [-0.4, -0.2) is 27.7 Å². The molecule has 0 unspecified atom stereocenters. The van der Waals surface area contributed by atoms with E-state index in [0.29, 0.717) is 6.61 Å². The Hall–Kier alpha value is -2.30. The highest BCUT2D eigenvalue weighted by Gasteiger charge is 2.16. The Morgan fingerprint density at radius 1 is 1.08 bits per heavy atom. The van der Waals surface area contributed by atoms with Gasteiger partial charge in [0, 0.05) is 44.0 Å². The molecule has 1 aliphatic rings. The molecule has 0 bridgehead atoms. The number of ether oxygens (including phenoxy) is 1. The predicted molar refractivity (Wildman–Crippen MR) is 94.9 cm³/mol. The Balaban J connectivity index is 1.56. The first-order valence-corrected chi connectivity index (χ1v) is 8.35. The number of aliphatic hydroxyl groups excluding tert-OH is 1. The number of aryl methyl sites for hydroxylation is 1. The van der Waals surface area contributed by atoms with Crippen molar-refractivity contribution in [1.82, 2.24) is 9.47 Å². The molecule has 4 rings (SSSR count). The molecule has 0 saturated carbocycles. The Bertz CT molecular complexity index is 869. The highest BCUT2D eigenvalue weighted by molar-refractivity contribution is 5.80. The topological polar surface area (TPSA) is 37.6 Å². The number of rotatable bonds is 3. The third-order valence-electron chi connectivity index (χ3n) is 4.72. The summed E-state index contributed by atoms with van der Waals surface area (Å²) < 4.78 is 8.01. The fourth-order valence-electron chi connectivity index (χ4n) is 3.42. The zero-order chi connectivity index (χ0) is 16.5. The van der Waals surface area contributed by atoms with E-state index in [-0.39, 0.29) is 6.61 Å². The molecule has 3 aromatic rings. The third-order valence-corrected chi connectivity index (χ3v) is 4.72. The van der Waals surface area contributed by atoms with Crippen LogP contribution in [0.15, 0.2) is 48.7 Å². The summed E-state index contributed by atoms with van der Waals surface area (Å²) in [6, 6.07) is 14.8. The smallest absolute Gasteiger partial charge is 0.123 e. The van der Waals surface area contributed by atoms with Crippen LogP contribution in [0.25, 0.3) is 10.9 Å². The van der Waals surface area contributed by atoms with Crippen LogP contribution in [0.1, 0.15) is 16.7 Å². The van der Waals surface area contributed by atoms with Crippen LogP contribution in [0.5, 0.6) is 5.75 Å². The van der Waals surface area contributed by atoms with Crippen LogP contribution in [0.2, 0.25) is 0 Å². The maximum atomic E-state index is 9.36. The van der Waals surface area contributed by atoms with E-state index in [1.807, 2.05) is 18.2 Å². The summed E-state index contributed by atoms with van der Waals surface area (Å²) in [5.74, 6) is 0.938. The second-order valence-corrected chi connectivity index (χ2v) is 6.48. The van der Waals surface area contributed by atoms with E-state index in [1.165, 1.54) is 16.5 Å². The molecule has 24 heavy (non-hydrogen) atoms. The Morgan fingerprint density at radius 2 is 1.96 bits per heavy atom. The van der Waals surface area contributed by atoms with Gasteiger partial charge in [0.1, 0.15) is 12.4 Å². The second-order valence-electron chi connectivity index (χ2n) is 6.48. The van der Waals surface area contributed by atoms with Crippen molar-refractivity contribution in [3.8, 4) is 5.75 Å². The highest BCUT2D eigenvalue weighted by Crippen LogP contribution is 2.26. The third kappa shape index (κ3) is 2.90. The molecule has 2 heterocycles. The number of hydrogen-bond donors (Lipinski definition) is 1. The molecule has 0 fully saturated rings. The summed E-state index contributed by atoms with van der Waals surface area (Å²) in [7, 11) is 2.07. The average molecular weight is 322 g/mol. The molecule has 1 aliphatic heterocycles. The van der Waals surface area contributed by atoms with Crippen molar-refractivity contribution in [3.63, 3.8) is 0 Å². The van der Waals surface area contributed by atoms with Crippen LogP contribution < -0.4 is 4.74 Å². The summed E-state index contributed by atoms with van der Waals surface area (Å²) in [5, 5.41) is 10.6. The first-order valence-electron chi connectivity index (χ1n) is 8.35. The molecule has 0 atom stereocenters. The molecular weight excluding hydrogens is 300 g/mol.